The first-order valence-corrected chi connectivity index (χ1v) is 6.83. The molecule has 0 aromatic carbocycles. The summed E-state index contributed by atoms with van der Waals surface area (Å²) in [5.74, 6) is 0.539. The van der Waals surface area contributed by atoms with E-state index in [0.29, 0.717) is 5.92 Å². The van der Waals surface area contributed by atoms with Gasteiger partial charge in [-0.3, -0.25) is 0 Å². The molecule has 0 fully saturated rings. The molecule has 1 rings (SSSR count). The van der Waals surface area contributed by atoms with Gasteiger partial charge in [0.1, 0.15) is 0 Å². The second kappa shape index (κ2) is 5.99. The number of hydrogen-bond acceptors (Lipinski definition) is 3. The first kappa shape index (κ1) is 13.2. The standard InChI is InChI=1S/C11H19BrN2S/c1-8(9(2)13)5-14(3)6-10-4-11(12)15-7-10/h4,7-9H,5-6,13H2,1-3H3. The normalized spacial score (nSPS) is 15.6. The van der Waals surface area contributed by atoms with E-state index in [1.807, 2.05) is 0 Å². The van der Waals surface area contributed by atoms with Crippen LogP contribution >= 0.6 is 27.3 Å². The molecule has 0 saturated carbocycles. The summed E-state index contributed by atoms with van der Waals surface area (Å²) in [5.41, 5.74) is 7.22. The van der Waals surface area contributed by atoms with Crippen LogP contribution < -0.4 is 5.73 Å². The molecule has 0 saturated heterocycles. The molecule has 1 aromatic rings. The summed E-state index contributed by atoms with van der Waals surface area (Å²) in [7, 11) is 2.14. The SMILES string of the molecule is CC(N)C(C)CN(C)Cc1csc(Br)c1. The summed E-state index contributed by atoms with van der Waals surface area (Å²) in [4.78, 5) is 2.32. The van der Waals surface area contributed by atoms with Gasteiger partial charge >= 0.3 is 0 Å². The molecule has 1 heterocycles. The maximum absolute atomic E-state index is 5.85. The van der Waals surface area contributed by atoms with Crippen LogP contribution in [0.3, 0.4) is 0 Å². The van der Waals surface area contributed by atoms with Crippen molar-refractivity contribution in [2.75, 3.05) is 13.6 Å². The van der Waals surface area contributed by atoms with E-state index in [9.17, 15) is 0 Å². The van der Waals surface area contributed by atoms with Crippen molar-refractivity contribution >= 4 is 27.3 Å². The molecule has 2 atom stereocenters. The summed E-state index contributed by atoms with van der Waals surface area (Å²) in [6.45, 7) is 6.31. The van der Waals surface area contributed by atoms with E-state index >= 15 is 0 Å². The zero-order valence-electron chi connectivity index (χ0n) is 9.53. The van der Waals surface area contributed by atoms with Crippen molar-refractivity contribution in [3.8, 4) is 0 Å². The van der Waals surface area contributed by atoms with Gasteiger partial charge in [-0.15, -0.1) is 11.3 Å². The number of thiophene rings is 1. The molecule has 0 aliphatic rings. The largest absolute Gasteiger partial charge is 0.328 e. The Morgan fingerprint density at radius 1 is 1.53 bits per heavy atom. The van der Waals surface area contributed by atoms with Crippen LogP contribution in [0.15, 0.2) is 15.2 Å². The second-order valence-corrected chi connectivity index (χ2v) is 6.58. The van der Waals surface area contributed by atoms with Crippen molar-refractivity contribution in [1.29, 1.82) is 0 Å². The van der Waals surface area contributed by atoms with Crippen LogP contribution in [0.1, 0.15) is 19.4 Å². The maximum atomic E-state index is 5.85. The average Bonchev–Trinajstić information content (AvgIpc) is 2.50. The summed E-state index contributed by atoms with van der Waals surface area (Å²) in [6, 6.07) is 2.44. The molecule has 0 amide bonds. The average molecular weight is 291 g/mol. The quantitative estimate of drug-likeness (QED) is 0.904. The fraction of sp³-hybridized carbons (Fsp3) is 0.636. The minimum atomic E-state index is 0.265. The molecule has 0 spiro atoms. The molecule has 0 bridgehead atoms. The van der Waals surface area contributed by atoms with Gasteiger partial charge in [0.05, 0.1) is 3.79 Å². The van der Waals surface area contributed by atoms with E-state index in [4.69, 9.17) is 5.73 Å². The van der Waals surface area contributed by atoms with Gasteiger partial charge in [0.2, 0.25) is 0 Å². The highest BCUT2D eigenvalue weighted by Crippen LogP contribution is 2.21. The number of halogens is 1. The van der Waals surface area contributed by atoms with Crippen molar-refractivity contribution in [2.24, 2.45) is 11.7 Å². The molecule has 0 aliphatic heterocycles. The lowest BCUT2D eigenvalue weighted by molar-refractivity contribution is 0.262. The number of nitrogens with zero attached hydrogens (tertiary/aromatic N) is 1. The lowest BCUT2D eigenvalue weighted by atomic mass is 10.0. The van der Waals surface area contributed by atoms with Gasteiger partial charge in [-0.25, -0.2) is 0 Å². The van der Waals surface area contributed by atoms with Crippen molar-refractivity contribution in [2.45, 2.75) is 26.4 Å². The van der Waals surface area contributed by atoms with E-state index in [-0.39, 0.29) is 6.04 Å². The lowest BCUT2D eigenvalue weighted by Crippen LogP contribution is -2.33. The molecule has 15 heavy (non-hydrogen) atoms. The zero-order chi connectivity index (χ0) is 11.4. The van der Waals surface area contributed by atoms with Crippen molar-refractivity contribution in [3.05, 3.63) is 20.8 Å². The lowest BCUT2D eigenvalue weighted by Gasteiger charge is -2.23. The summed E-state index contributed by atoms with van der Waals surface area (Å²) in [6.07, 6.45) is 0. The second-order valence-electron chi connectivity index (χ2n) is 4.29. The Morgan fingerprint density at radius 3 is 2.67 bits per heavy atom. The first-order chi connectivity index (χ1) is 6.99. The third-order valence-electron chi connectivity index (χ3n) is 2.57. The van der Waals surface area contributed by atoms with Gasteiger partial charge in [-0.05, 0) is 52.8 Å². The highest BCUT2D eigenvalue weighted by Gasteiger charge is 2.11. The van der Waals surface area contributed by atoms with Crippen LogP contribution in [0.25, 0.3) is 0 Å². The van der Waals surface area contributed by atoms with Crippen LogP contribution in [-0.2, 0) is 6.54 Å². The van der Waals surface area contributed by atoms with Crippen LogP contribution in [-0.4, -0.2) is 24.5 Å². The van der Waals surface area contributed by atoms with Crippen molar-refractivity contribution < 1.29 is 0 Å². The van der Waals surface area contributed by atoms with Crippen LogP contribution in [0, 0.1) is 5.92 Å². The molecule has 1 aromatic heterocycles. The summed E-state index contributed by atoms with van der Waals surface area (Å²) < 4.78 is 1.20. The third kappa shape index (κ3) is 4.64. The van der Waals surface area contributed by atoms with Gasteiger partial charge in [0.25, 0.3) is 0 Å². The van der Waals surface area contributed by atoms with E-state index in [2.05, 4.69) is 53.2 Å². The predicted molar refractivity (Wildman–Crippen MR) is 71.2 cm³/mol. The highest BCUT2D eigenvalue weighted by atomic mass is 79.9. The fourth-order valence-corrected chi connectivity index (χ4v) is 2.66. The molecule has 2 N–H and O–H groups in total. The first-order valence-electron chi connectivity index (χ1n) is 5.16. The van der Waals surface area contributed by atoms with Crippen molar-refractivity contribution in [1.82, 2.24) is 4.90 Å². The number of rotatable bonds is 5. The van der Waals surface area contributed by atoms with Gasteiger partial charge in [-0.1, -0.05) is 6.92 Å². The minimum Gasteiger partial charge on any atom is -0.328 e. The zero-order valence-corrected chi connectivity index (χ0v) is 11.9. The molecule has 86 valence electrons. The monoisotopic (exact) mass is 290 g/mol. The molecule has 2 nitrogen and oxygen atoms in total. The fourth-order valence-electron chi connectivity index (χ4n) is 1.46. The van der Waals surface area contributed by atoms with E-state index in [1.165, 1.54) is 9.35 Å². The molecule has 0 aliphatic carbocycles. The topological polar surface area (TPSA) is 29.3 Å². The predicted octanol–water partition coefficient (Wildman–Crippen LogP) is 2.93. The van der Waals surface area contributed by atoms with Gasteiger partial charge in [-0.2, -0.15) is 0 Å². The summed E-state index contributed by atoms with van der Waals surface area (Å²) >= 11 is 5.21. The Labute approximate surface area is 105 Å². The summed E-state index contributed by atoms with van der Waals surface area (Å²) in [5, 5.41) is 2.19. The van der Waals surface area contributed by atoms with Crippen LogP contribution in [0.5, 0.6) is 0 Å². The van der Waals surface area contributed by atoms with Gasteiger partial charge in [0.15, 0.2) is 0 Å². The number of nitrogens with two attached hydrogens (primary N) is 1. The van der Waals surface area contributed by atoms with Gasteiger partial charge < -0.3 is 10.6 Å². The van der Waals surface area contributed by atoms with Gasteiger partial charge in [0, 0.05) is 19.1 Å². The number of hydrogen-bond donors (Lipinski definition) is 1. The Bertz CT molecular complexity index is 299. The van der Waals surface area contributed by atoms with E-state index in [0.717, 1.165) is 13.1 Å². The van der Waals surface area contributed by atoms with E-state index in [1.54, 1.807) is 11.3 Å². The molecular weight excluding hydrogens is 272 g/mol. The van der Waals surface area contributed by atoms with Crippen molar-refractivity contribution in [3.63, 3.8) is 0 Å². The molecular formula is C11H19BrN2S. The smallest absolute Gasteiger partial charge is 0.0701 e. The molecule has 0 radical (unpaired) electrons. The molecule has 2 unspecified atom stereocenters. The van der Waals surface area contributed by atoms with E-state index < -0.39 is 0 Å². The van der Waals surface area contributed by atoms with Crippen LogP contribution in [0.2, 0.25) is 0 Å². The Morgan fingerprint density at radius 2 is 2.20 bits per heavy atom. The van der Waals surface area contributed by atoms with Crippen LogP contribution in [0.4, 0.5) is 0 Å². The minimum absolute atomic E-state index is 0.265. The Hall–Kier alpha value is 0.100. The Kier molecular flexibility index (Phi) is 5.26. The highest BCUT2D eigenvalue weighted by molar-refractivity contribution is 9.11. The maximum Gasteiger partial charge on any atom is 0.0701 e. The molecule has 4 heteroatoms. The third-order valence-corrected chi connectivity index (χ3v) is 4.12. The Balaban J connectivity index is 2.39.